The third-order valence-electron chi connectivity index (χ3n) is 3.77. The van der Waals surface area contributed by atoms with Crippen LogP contribution >= 0.6 is 0 Å². The Labute approximate surface area is 111 Å². The largest absolute Gasteiger partial charge is 0.409 e. The summed E-state index contributed by atoms with van der Waals surface area (Å²) >= 11 is 0. The number of rotatable bonds is 4. The van der Waals surface area contributed by atoms with Crippen molar-refractivity contribution < 1.29 is 10.0 Å². The molecule has 7 heteroatoms. The fourth-order valence-corrected chi connectivity index (χ4v) is 2.59. The lowest BCUT2D eigenvalue weighted by Crippen LogP contribution is -2.48. The van der Waals surface area contributed by atoms with Gasteiger partial charge in [0.2, 0.25) is 5.91 Å². The van der Waals surface area contributed by atoms with Gasteiger partial charge in [0.25, 0.3) is 0 Å². The van der Waals surface area contributed by atoms with Crippen LogP contribution in [0.2, 0.25) is 0 Å². The zero-order valence-corrected chi connectivity index (χ0v) is 10.9. The van der Waals surface area contributed by atoms with Gasteiger partial charge >= 0.3 is 0 Å². The maximum Gasteiger partial charge on any atom is 0.234 e. The van der Waals surface area contributed by atoms with E-state index in [1.165, 1.54) is 0 Å². The highest BCUT2D eigenvalue weighted by Crippen LogP contribution is 2.39. The number of amidine groups is 1. The van der Waals surface area contributed by atoms with Crippen molar-refractivity contribution in [1.29, 1.82) is 0 Å². The van der Waals surface area contributed by atoms with E-state index in [0.717, 1.165) is 12.8 Å². The smallest absolute Gasteiger partial charge is 0.234 e. The Hall–Kier alpha value is -2.05. The summed E-state index contributed by atoms with van der Waals surface area (Å²) in [6.45, 7) is 1.84. The number of imidazole rings is 1. The van der Waals surface area contributed by atoms with E-state index in [2.05, 4.69) is 20.4 Å². The zero-order chi connectivity index (χ0) is 13.9. The van der Waals surface area contributed by atoms with Gasteiger partial charge in [-0.05, 0) is 19.8 Å². The molecule has 1 heterocycles. The van der Waals surface area contributed by atoms with Crippen LogP contribution in [0.1, 0.15) is 44.5 Å². The molecule has 5 N–H and O–H groups in total. The van der Waals surface area contributed by atoms with Crippen LogP contribution in [0.4, 0.5) is 0 Å². The highest BCUT2D eigenvalue weighted by atomic mass is 16.4. The van der Waals surface area contributed by atoms with E-state index in [1.54, 1.807) is 12.4 Å². The SMILES string of the molecule is CC(NC(=O)C1(/C(N)=N/O)CCCC1)c1ncc[nH]1. The summed E-state index contributed by atoms with van der Waals surface area (Å²) in [5.74, 6) is 0.472. The van der Waals surface area contributed by atoms with Crippen molar-refractivity contribution in [3.63, 3.8) is 0 Å². The first-order chi connectivity index (χ1) is 9.10. The second kappa shape index (κ2) is 5.29. The van der Waals surface area contributed by atoms with E-state index in [9.17, 15) is 4.79 Å². The second-order valence-electron chi connectivity index (χ2n) is 4.94. The Morgan fingerprint density at radius 2 is 2.32 bits per heavy atom. The van der Waals surface area contributed by atoms with Crippen molar-refractivity contribution in [2.45, 2.75) is 38.6 Å². The number of hydrogen-bond donors (Lipinski definition) is 4. The van der Waals surface area contributed by atoms with Gasteiger partial charge in [-0.15, -0.1) is 0 Å². The molecule has 19 heavy (non-hydrogen) atoms. The molecule has 1 aliphatic rings. The lowest BCUT2D eigenvalue weighted by molar-refractivity contribution is -0.128. The molecular weight excluding hydrogens is 246 g/mol. The molecule has 1 aliphatic carbocycles. The van der Waals surface area contributed by atoms with Gasteiger partial charge in [-0.3, -0.25) is 4.79 Å². The molecule has 0 aromatic carbocycles. The summed E-state index contributed by atoms with van der Waals surface area (Å²) in [7, 11) is 0. The highest BCUT2D eigenvalue weighted by Gasteiger charge is 2.45. The van der Waals surface area contributed by atoms with Gasteiger partial charge in [0.15, 0.2) is 5.84 Å². The Morgan fingerprint density at radius 3 is 2.84 bits per heavy atom. The van der Waals surface area contributed by atoms with E-state index >= 15 is 0 Å². The third kappa shape index (κ3) is 2.40. The first-order valence-corrected chi connectivity index (χ1v) is 6.38. The Bertz CT molecular complexity index is 462. The van der Waals surface area contributed by atoms with Crippen molar-refractivity contribution in [3.8, 4) is 0 Å². The molecule has 1 fully saturated rings. The van der Waals surface area contributed by atoms with Crippen molar-refractivity contribution >= 4 is 11.7 Å². The zero-order valence-electron chi connectivity index (χ0n) is 10.9. The minimum atomic E-state index is -0.879. The molecule has 0 aliphatic heterocycles. The first kappa shape index (κ1) is 13.4. The van der Waals surface area contributed by atoms with Gasteiger partial charge in [-0.2, -0.15) is 0 Å². The van der Waals surface area contributed by atoms with Crippen LogP contribution in [-0.4, -0.2) is 26.9 Å². The lowest BCUT2D eigenvalue weighted by Gasteiger charge is -2.27. The second-order valence-corrected chi connectivity index (χ2v) is 4.94. The number of oxime groups is 1. The monoisotopic (exact) mass is 265 g/mol. The normalized spacial score (nSPS) is 20.2. The highest BCUT2D eigenvalue weighted by molar-refractivity contribution is 6.07. The topological polar surface area (TPSA) is 116 Å². The van der Waals surface area contributed by atoms with Crippen LogP contribution < -0.4 is 11.1 Å². The van der Waals surface area contributed by atoms with Crippen LogP contribution in [0.5, 0.6) is 0 Å². The maximum atomic E-state index is 12.4. The van der Waals surface area contributed by atoms with E-state index in [1.807, 2.05) is 6.92 Å². The number of carbonyl (C=O) groups excluding carboxylic acids is 1. The average Bonchev–Trinajstić information content (AvgIpc) is 3.09. The molecule has 1 amide bonds. The van der Waals surface area contributed by atoms with Crippen LogP contribution in [0.3, 0.4) is 0 Å². The Balaban J connectivity index is 2.13. The Kier molecular flexibility index (Phi) is 3.73. The standard InChI is InChI=1S/C12H19N5O2/c1-8(9-14-6-7-15-9)16-11(18)12(10(13)17-19)4-2-3-5-12/h6-8,19H,2-5H2,1H3,(H2,13,17)(H,14,15)(H,16,18). The van der Waals surface area contributed by atoms with E-state index in [-0.39, 0.29) is 17.8 Å². The number of aromatic nitrogens is 2. The predicted molar refractivity (Wildman–Crippen MR) is 69.5 cm³/mol. The minimum Gasteiger partial charge on any atom is -0.409 e. The number of hydrogen-bond acceptors (Lipinski definition) is 4. The van der Waals surface area contributed by atoms with Crippen molar-refractivity contribution in [3.05, 3.63) is 18.2 Å². The van der Waals surface area contributed by atoms with Crippen molar-refractivity contribution in [1.82, 2.24) is 15.3 Å². The fraction of sp³-hybridized carbons (Fsp3) is 0.583. The molecule has 1 atom stereocenters. The van der Waals surface area contributed by atoms with Crippen LogP contribution in [0.15, 0.2) is 17.5 Å². The summed E-state index contributed by atoms with van der Waals surface area (Å²) in [6, 6.07) is -0.244. The average molecular weight is 265 g/mol. The lowest BCUT2D eigenvalue weighted by atomic mass is 9.83. The van der Waals surface area contributed by atoms with Gasteiger partial charge in [-0.1, -0.05) is 18.0 Å². The molecule has 1 aromatic heterocycles. The molecule has 2 rings (SSSR count). The van der Waals surface area contributed by atoms with Gasteiger partial charge in [0, 0.05) is 12.4 Å². The molecule has 1 saturated carbocycles. The van der Waals surface area contributed by atoms with Crippen LogP contribution in [0.25, 0.3) is 0 Å². The molecule has 1 aromatic rings. The van der Waals surface area contributed by atoms with Gasteiger partial charge in [0.1, 0.15) is 11.2 Å². The number of amides is 1. The molecule has 0 bridgehead atoms. The molecular formula is C12H19N5O2. The summed E-state index contributed by atoms with van der Waals surface area (Å²) in [4.78, 5) is 19.5. The van der Waals surface area contributed by atoms with Crippen molar-refractivity contribution in [2.24, 2.45) is 16.3 Å². The molecule has 1 unspecified atom stereocenters. The quantitative estimate of drug-likeness (QED) is 0.280. The first-order valence-electron chi connectivity index (χ1n) is 6.38. The molecule has 0 spiro atoms. The van der Waals surface area contributed by atoms with Gasteiger partial charge in [-0.25, -0.2) is 4.98 Å². The number of nitrogens with two attached hydrogens (primary N) is 1. The van der Waals surface area contributed by atoms with Crippen LogP contribution in [0, 0.1) is 5.41 Å². The summed E-state index contributed by atoms with van der Waals surface area (Å²) in [5, 5.41) is 14.8. The number of H-pyrrole nitrogens is 1. The molecule has 7 nitrogen and oxygen atoms in total. The van der Waals surface area contributed by atoms with Gasteiger partial charge < -0.3 is 21.2 Å². The minimum absolute atomic E-state index is 0.00542. The third-order valence-corrected chi connectivity index (χ3v) is 3.77. The molecule has 0 saturated heterocycles. The summed E-state index contributed by atoms with van der Waals surface area (Å²) in [5.41, 5.74) is 4.84. The Morgan fingerprint density at radius 1 is 1.63 bits per heavy atom. The number of carbonyl (C=O) groups is 1. The fourth-order valence-electron chi connectivity index (χ4n) is 2.59. The molecule has 0 radical (unpaired) electrons. The van der Waals surface area contributed by atoms with Gasteiger partial charge in [0.05, 0.1) is 6.04 Å². The maximum absolute atomic E-state index is 12.4. The predicted octanol–water partition coefficient (Wildman–Crippen LogP) is 0.894. The number of aromatic amines is 1. The van der Waals surface area contributed by atoms with E-state index in [4.69, 9.17) is 10.9 Å². The van der Waals surface area contributed by atoms with Crippen molar-refractivity contribution in [2.75, 3.05) is 0 Å². The van der Waals surface area contributed by atoms with Crippen LogP contribution in [-0.2, 0) is 4.79 Å². The number of nitrogens with zero attached hydrogens (tertiary/aromatic N) is 2. The van der Waals surface area contributed by atoms with E-state index in [0.29, 0.717) is 18.7 Å². The number of nitrogens with one attached hydrogen (secondary N) is 2. The van der Waals surface area contributed by atoms with E-state index < -0.39 is 5.41 Å². The summed E-state index contributed by atoms with van der Waals surface area (Å²) in [6.07, 6.45) is 6.36. The molecule has 104 valence electrons. The summed E-state index contributed by atoms with van der Waals surface area (Å²) < 4.78 is 0.